The highest BCUT2D eigenvalue weighted by Crippen LogP contribution is 2.25. The lowest BCUT2D eigenvalue weighted by molar-refractivity contribution is 0.247. The Morgan fingerprint density at radius 1 is 1.15 bits per heavy atom. The standard InChI is InChI=1S/C21H21N5O4S.C2H6/c1-14-18(5-4-15-12-17(28-2)19(29-3)24-13-15)31-21(25-14)26-20(27)23-10-11-30-16-6-8-22-9-7-16;1-2/h6-9,12-13H,10-11H2,1-3H3,(H2,23,25,26,27);1-2H3. The van der Waals surface area contributed by atoms with Crippen LogP contribution in [0.15, 0.2) is 36.8 Å². The van der Waals surface area contributed by atoms with E-state index < -0.39 is 0 Å². The molecule has 3 heterocycles. The third-order valence-electron chi connectivity index (χ3n) is 3.88. The van der Waals surface area contributed by atoms with Crippen LogP contribution >= 0.6 is 11.3 Å². The summed E-state index contributed by atoms with van der Waals surface area (Å²) in [5.74, 6) is 7.67. The van der Waals surface area contributed by atoms with Crippen LogP contribution in [0.1, 0.15) is 30.0 Å². The van der Waals surface area contributed by atoms with Crippen molar-refractivity contribution in [3.8, 4) is 29.2 Å². The van der Waals surface area contributed by atoms with Crippen LogP contribution in [0.2, 0.25) is 0 Å². The highest BCUT2D eigenvalue weighted by molar-refractivity contribution is 7.16. The second-order valence-corrected chi connectivity index (χ2v) is 7.03. The molecular formula is C23H27N5O4S. The predicted octanol–water partition coefficient (Wildman–Crippen LogP) is 3.89. The van der Waals surface area contributed by atoms with Crippen molar-refractivity contribution in [1.29, 1.82) is 0 Å². The minimum atomic E-state index is -0.365. The lowest BCUT2D eigenvalue weighted by Crippen LogP contribution is -2.32. The summed E-state index contributed by atoms with van der Waals surface area (Å²) in [6.45, 7) is 6.51. The molecule has 0 aliphatic rings. The van der Waals surface area contributed by atoms with Crippen LogP contribution in [0.5, 0.6) is 17.4 Å². The number of pyridine rings is 2. The quantitative estimate of drug-likeness (QED) is 0.399. The molecular weight excluding hydrogens is 442 g/mol. The second kappa shape index (κ2) is 13.5. The molecule has 9 nitrogen and oxygen atoms in total. The highest BCUT2D eigenvalue weighted by Gasteiger charge is 2.09. The van der Waals surface area contributed by atoms with Crippen molar-refractivity contribution in [3.05, 3.63) is 52.9 Å². The van der Waals surface area contributed by atoms with Crippen molar-refractivity contribution < 1.29 is 19.0 Å². The molecule has 0 radical (unpaired) electrons. The number of aryl methyl sites for hydroxylation is 1. The molecule has 0 saturated carbocycles. The van der Waals surface area contributed by atoms with Crippen molar-refractivity contribution >= 4 is 22.5 Å². The molecule has 0 aromatic carbocycles. The van der Waals surface area contributed by atoms with Gasteiger partial charge in [-0.2, -0.15) is 0 Å². The monoisotopic (exact) mass is 469 g/mol. The molecule has 0 bridgehead atoms. The Bertz CT molecular complexity index is 1090. The number of nitrogens with zero attached hydrogens (tertiary/aromatic N) is 3. The van der Waals surface area contributed by atoms with E-state index in [1.807, 2.05) is 20.8 Å². The molecule has 33 heavy (non-hydrogen) atoms. The maximum absolute atomic E-state index is 12.1. The first-order valence-electron chi connectivity index (χ1n) is 10.2. The number of amides is 2. The number of urea groups is 1. The number of carbonyl (C=O) groups is 1. The fraction of sp³-hybridized carbons (Fsp3) is 0.304. The summed E-state index contributed by atoms with van der Waals surface area (Å²) in [5.41, 5.74) is 1.40. The highest BCUT2D eigenvalue weighted by atomic mass is 32.1. The Kier molecular flexibility index (Phi) is 10.4. The Hall–Kier alpha value is -3.84. The molecule has 0 saturated heterocycles. The van der Waals surface area contributed by atoms with Gasteiger partial charge < -0.3 is 19.5 Å². The topological polar surface area (TPSA) is 107 Å². The molecule has 0 atom stereocenters. The lowest BCUT2D eigenvalue weighted by atomic mass is 10.2. The van der Waals surface area contributed by atoms with Crippen LogP contribution in [0.25, 0.3) is 0 Å². The molecule has 3 rings (SSSR count). The van der Waals surface area contributed by atoms with Gasteiger partial charge in [-0.15, -0.1) is 0 Å². The molecule has 2 N–H and O–H groups in total. The Balaban J connectivity index is 0.00000187. The van der Waals surface area contributed by atoms with Crippen LogP contribution in [-0.2, 0) is 0 Å². The van der Waals surface area contributed by atoms with Crippen LogP contribution in [0.3, 0.4) is 0 Å². The molecule has 0 aliphatic carbocycles. The fourth-order valence-electron chi connectivity index (χ4n) is 2.40. The summed E-state index contributed by atoms with van der Waals surface area (Å²) in [4.78, 5) is 25.2. The van der Waals surface area contributed by atoms with E-state index >= 15 is 0 Å². The normalized spacial score (nSPS) is 9.48. The third kappa shape index (κ3) is 7.97. The zero-order chi connectivity index (χ0) is 24.1. The molecule has 3 aromatic rings. The van der Waals surface area contributed by atoms with Gasteiger partial charge in [-0.05, 0) is 25.0 Å². The minimum absolute atomic E-state index is 0.338. The Morgan fingerprint density at radius 2 is 1.91 bits per heavy atom. The lowest BCUT2D eigenvalue weighted by Gasteiger charge is -2.07. The number of hydrogen-bond donors (Lipinski definition) is 2. The zero-order valence-corrected chi connectivity index (χ0v) is 20.1. The van der Waals surface area contributed by atoms with Gasteiger partial charge in [-0.25, -0.2) is 14.8 Å². The van der Waals surface area contributed by atoms with Gasteiger partial charge in [0.2, 0.25) is 0 Å². The van der Waals surface area contributed by atoms with Gasteiger partial charge in [0.25, 0.3) is 5.88 Å². The number of aromatic nitrogens is 3. The van der Waals surface area contributed by atoms with Crippen molar-refractivity contribution in [2.24, 2.45) is 0 Å². The van der Waals surface area contributed by atoms with E-state index in [4.69, 9.17) is 14.2 Å². The van der Waals surface area contributed by atoms with Crippen LogP contribution < -0.4 is 24.8 Å². The van der Waals surface area contributed by atoms with Crippen molar-refractivity contribution in [3.63, 3.8) is 0 Å². The zero-order valence-electron chi connectivity index (χ0n) is 19.3. The van der Waals surface area contributed by atoms with Crippen LogP contribution in [0, 0.1) is 18.8 Å². The van der Waals surface area contributed by atoms with Crippen LogP contribution in [-0.4, -0.2) is 48.4 Å². The second-order valence-electron chi connectivity index (χ2n) is 6.03. The first-order chi connectivity index (χ1) is 16.1. The molecule has 0 spiro atoms. The summed E-state index contributed by atoms with van der Waals surface area (Å²) >= 11 is 1.29. The third-order valence-corrected chi connectivity index (χ3v) is 4.86. The van der Waals surface area contributed by atoms with Crippen molar-refractivity contribution in [2.75, 3.05) is 32.7 Å². The Labute approximate surface area is 197 Å². The first-order valence-corrected chi connectivity index (χ1v) is 11.1. The smallest absolute Gasteiger partial charge is 0.321 e. The van der Waals surface area contributed by atoms with Crippen molar-refractivity contribution in [1.82, 2.24) is 20.3 Å². The van der Waals surface area contributed by atoms with Crippen molar-refractivity contribution in [2.45, 2.75) is 20.8 Å². The molecule has 0 aliphatic heterocycles. The summed E-state index contributed by atoms with van der Waals surface area (Å²) < 4.78 is 15.9. The van der Waals surface area contributed by atoms with Gasteiger partial charge >= 0.3 is 6.03 Å². The first kappa shape index (κ1) is 25.4. The summed E-state index contributed by atoms with van der Waals surface area (Å²) in [6, 6.07) is 4.88. The summed E-state index contributed by atoms with van der Waals surface area (Å²) in [7, 11) is 3.06. The van der Waals surface area contributed by atoms with Gasteiger partial charge in [-0.3, -0.25) is 10.3 Å². The number of thiazole rings is 1. The van der Waals surface area contributed by atoms with E-state index in [-0.39, 0.29) is 6.03 Å². The maximum atomic E-state index is 12.1. The number of anilines is 1. The van der Waals surface area contributed by atoms with Gasteiger partial charge in [0.15, 0.2) is 10.9 Å². The molecule has 3 aromatic heterocycles. The van der Waals surface area contributed by atoms with Crippen LogP contribution in [0.4, 0.5) is 9.93 Å². The van der Waals surface area contributed by atoms with E-state index in [9.17, 15) is 4.79 Å². The molecule has 10 heteroatoms. The summed E-state index contributed by atoms with van der Waals surface area (Å²) in [6.07, 6.45) is 4.89. The molecule has 0 unspecified atom stereocenters. The minimum Gasteiger partial charge on any atom is -0.492 e. The number of nitrogens with one attached hydrogen (secondary N) is 2. The number of methoxy groups -OCH3 is 2. The van der Waals surface area contributed by atoms with Gasteiger partial charge in [0.1, 0.15) is 17.2 Å². The van der Waals surface area contributed by atoms with E-state index in [1.54, 1.807) is 43.9 Å². The number of hydrogen-bond acceptors (Lipinski definition) is 8. The average molecular weight is 470 g/mol. The van der Waals surface area contributed by atoms with E-state index in [0.717, 1.165) is 10.6 Å². The largest absolute Gasteiger partial charge is 0.492 e. The fourth-order valence-corrected chi connectivity index (χ4v) is 3.22. The van der Waals surface area contributed by atoms with Gasteiger partial charge in [-0.1, -0.05) is 31.1 Å². The number of carbonyl (C=O) groups excluding carboxylic acids is 1. The Morgan fingerprint density at radius 3 is 2.61 bits per heavy atom. The summed E-state index contributed by atoms with van der Waals surface area (Å²) in [5, 5.41) is 5.88. The molecule has 0 fully saturated rings. The molecule has 2 amide bonds. The van der Waals surface area contributed by atoms with E-state index in [0.29, 0.717) is 41.2 Å². The average Bonchev–Trinajstić information content (AvgIpc) is 3.20. The van der Waals surface area contributed by atoms with Gasteiger partial charge in [0, 0.05) is 30.2 Å². The van der Waals surface area contributed by atoms with E-state index in [1.165, 1.54) is 18.4 Å². The number of ether oxygens (including phenoxy) is 3. The van der Waals surface area contributed by atoms with E-state index in [2.05, 4.69) is 37.4 Å². The maximum Gasteiger partial charge on any atom is 0.321 e. The predicted molar refractivity (Wildman–Crippen MR) is 128 cm³/mol. The molecule has 174 valence electrons. The number of rotatable bonds is 7. The van der Waals surface area contributed by atoms with Gasteiger partial charge in [0.05, 0.1) is 26.5 Å². The SMILES string of the molecule is CC.COc1cc(C#Cc2sc(NC(=O)NCCOc3ccncc3)nc2C)cnc1OC.